The number of benzene rings is 1. The fraction of sp³-hybridized carbons (Fsp3) is 0.444. The molecule has 0 aliphatic carbocycles. The van der Waals surface area contributed by atoms with Crippen molar-refractivity contribution in [3.05, 3.63) is 56.2 Å². The molecule has 2 aromatic rings. The van der Waals surface area contributed by atoms with Gasteiger partial charge in [0.25, 0.3) is 0 Å². The van der Waals surface area contributed by atoms with Crippen molar-refractivity contribution in [2.45, 2.75) is 39.7 Å². The van der Waals surface area contributed by atoms with E-state index in [0.717, 1.165) is 19.4 Å². The van der Waals surface area contributed by atoms with Gasteiger partial charge in [-0.3, -0.25) is 0 Å². The quantitative estimate of drug-likeness (QED) is 0.709. The predicted octanol–water partition coefficient (Wildman–Crippen LogP) is 5.22. The maximum absolute atomic E-state index is 3.66. The fourth-order valence-corrected chi connectivity index (χ4v) is 4.15. The normalized spacial score (nSPS) is 12.8. The largest absolute Gasteiger partial charge is 0.314 e. The van der Waals surface area contributed by atoms with Crippen LogP contribution < -0.4 is 5.32 Å². The van der Waals surface area contributed by atoms with Gasteiger partial charge in [-0.1, -0.05) is 43.7 Å². The Bertz CT molecular complexity index is 562. The molecule has 0 aliphatic heterocycles. The van der Waals surface area contributed by atoms with Crippen LogP contribution >= 0.6 is 27.3 Å². The van der Waals surface area contributed by atoms with Gasteiger partial charge >= 0.3 is 0 Å². The molecular weight excluding hydrogens is 342 g/mol. The lowest BCUT2D eigenvalue weighted by Crippen LogP contribution is -2.31. The van der Waals surface area contributed by atoms with Gasteiger partial charge < -0.3 is 5.32 Å². The predicted molar refractivity (Wildman–Crippen MR) is 97.2 cm³/mol. The third-order valence-electron chi connectivity index (χ3n) is 3.59. The van der Waals surface area contributed by atoms with Gasteiger partial charge in [-0.05, 0) is 65.2 Å². The van der Waals surface area contributed by atoms with Gasteiger partial charge in [0.1, 0.15) is 0 Å². The van der Waals surface area contributed by atoms with Gasteiger partial charge in [-0.25, -0.2) is 0 Å². The summed E-state index contributed by atoms with van der Waals surface area (Å²) in [6, 6.07) is 11.6. The van der Waals surface area contributed by atoms with Crippen LogP contribution in [0.15, 0.2) is 40.2 Å². The molecule has 21 heavy (non-hydrogen) atoms. The Morgan fingerprint density at radius 3 is 2.62 bits per heavy atom. The van der Waals surface area contributed by atoms with Gasteiger partial charge in [0.2, 0.25) is 0 Å². The van der Waals surface area contributed by atoms with E-state index >= 15 is 0 Å². The second kappa shape index (κ2) is 8.11. The number of rotatable bonds is 7. The molecule has 1 atom stereocenters. The summed E-state index contributed by atoms with van der Waals surface area (Å²) in [5.74, 6) is 0.629. The van der Waals surface area contributed by atoms with Crippen LogP contribution in [-0.2, 0) is 12.8 Å². The molecule has 1 unspecified atom stereocenters. The van der Waals surface area contributed by atoms with Gasteiger partial charge in [-0.2, -0.15) is 0 Å². The molecular formula is C18H24BrNS. The fourth-order valence-electron chi connectivity index (χ4n) is 2.52. The minimum Gasteiger partial charge on any atom is -0.314 e. The lowest BCUT2D eigenvalue weighted by atomic mass is 9.94. The van der Waals surface area contributed by atoms with Gasteiger partial charge in [0.05, 0.1) is 0 Å². The van der Waals surface area contributed by atoms with Crippen LogP contribution in [-0.4, -0.2) is 12.6 Å². The highest BCUT2D eigenvalue weighted by molar-refractivity contribution is 9.10. The molecule has 2 rings (SSSR count). The highest BCUT2D eigenvalue weighted by Gasteiger charge is 2.14. The topological polar surface area (TPSA) is 12.0 Å². The zero-order valence-corrected chi connectivity index (χ0v) is 15.4. The third-order valence-corrected chi connectivity index (χ3v) is 5.54. The van der Waals surface area contributed by atoms with Crippen LogP contribution in [0.5, 0.6) is 0 Å². The average molecular weight is 366 g/mol. The first-order chi connectivity index (χ1) is 10.0. The maximum Gasteiger partial charge on any atom is 0.0314 e. The number of aryl methyl sites for hydroxylation is 1. The van der Waals surface area contributed by atoms with Crippen molar-refractivity contribution in [1.29, 1.82) is 0 Å². The Morgan fingerprint density at radius 2 is 2.00 bits per heavy atom. The smallest absolute Gasteiger partial charge is 0.0314 e. The van der Waals surface area contributed by atoms with Gasteiger partial charge in [-0.15, -0.1) is 11.3 Å². The summed E-state index contributed by atoms with van der Waals surface area (Å²) in [6.45, 7) is 7.66. The lowest BCUT2D eigenvalue weighted by molar-refractivity contribution is 0.446. The summed E-state index contributed by atoms with van der Waals surface area (Å²) in [5, 5.41) is 5.77. The molecule has 0 saturated carbocycles. The molecule has 0 aliphatic rings. The first-order valence-electron chi connectivity index (χ1n) is 7.55. The summed E-state index contributed by atoms with van der Waals surface area (Å²) < 4.78 is 1.26. The zero-order valence-electron chi connectivity index (χ0n) is 13.0. The van der Waals surface area contributed by atoms with Gasteiger partial charge in [0, 0.05) is 15.4 Å². The van der Waals surface area contributed by atoms with Crippen molar-refractivity contribution in [2.75, 3.05) is 6.54 Å². The Hall–Kier alpha value is -0.640. The average Bonchev–Trinajstić information content (AvgIpc) is 2.81. The first kappa shape index (κ1) is 16.7. The Kier molecular flexibility index (Phi) is 6.46. The molecule has 1 aromatic heterocycles. The van der Waals surface area contributed by atoms with Crippen molar-refractivity contribution >= 4 is 27.3 Å². The van der Waals surface area contributed by atoms with E-state index in [1.165, 1.54) is 20.5 Å². The van der Waals surface area contributed by atoms with Gasteiger partial charge in [0.15, 0.2) is 0 Å². The van der Waals surface area contributed by atoms with Crippen LogP contribution in [0.3, 0.4) is 0 Å². The molecule has 0 radical (unpaired) electrons. The summed E-state index contributed by atoms with van der Waals surface area (Å²) >= 11 is 5.51. The first-order valence-corrected chi connectivity index (χ1v) is 9.22. The number of thiophene rings is 1. The molecule has 0 bridgehead atoms. The molecule has 0 spiro atoms. The van der Waals surface area contributed by atoms with E-state index in [1.807, 2.05) is 11.3 Å². The van der Waals surface area contributed by atoms with E-state index in [1.54, 1.807) is 0 Å². The van der Waals surface area contributed by atoms with Crippen LogP contribution in [0.2, 0.25) is 0 Å². The minimum atomic E-state index is 0.539. The second-order valence-electron chi connectivity index (χ2n) is 6.02. The summed E-state index contributed by atoms with van der Waals surface area (Å²) in [7, 11) is 0. The standard InChI is InChI=1S/C18H24BrNS/c1-13(2)20-12-16(11-18-17(19)7-8-21-18)10-15-6-4-5-14(3)9-15/h4-9,13,16,20H,10-12H2,1-3H3. The maximum atomic E-state index is 3.66. The Morgan fingerprint density at radius 1 is 1.19 bits per heavy atom. The van der Waals surface area contributed by atoms with E-state index in [0.29, 0.717) is 12.0 Å². The van der Waals surface area contributed by atoms with E-state index in [9.17, 15) is 0 Å². The molecule has 1 heterocycles. The monoisotopic (exact) mass is 365 g/mol. The van der Waals surface area contributed by atoms with E-state index in [4.69, 9.17) is 0 Å². The number of halogens is 1. The van der Waals surface area contributed by atoms with Crippen LogP contribution in [0.4, 0.5) is 0 Å². The molecule has 1 N–H and O–H groups in total. The zero-order chi connectivity index (χ0) is 15.2. The second-order valence-corrected chi connectivity index (χ2v) is 7.87. The minimum absolute atomic E-state index is 0.539. The van der Waals surface area contributed by atoms with Crippen LogP contribution in [0, 0.1) is 12.8 Å². The summed E-state index contributed by atoms with van der Waals surface area (Å²) in [6.07, 6.45) is 2.26. The molecule has 0 fully saturated rings. The van der Waals surface area contributed by atoms with E-state index in [2.05, 4.69) is 77.7 Å². The van der Waals surface area contributed by atoms with Crippen LogP contribution in [0.25, 0.3) is 0 Å². The SMILES string of the molecule is Cc1cccc(CC(CNC(C)C)Cc2sccc2Br)c1. The summed E-state index contributed by atoms with van der Waals surface area (Å²) in [5.41, 5.74) is 2.79. The Balaban J connectivity index is 2.06. The Labute approximate surface area is 140 Å². The van der Waals surface area contributed by atoms with Crippen molar-refractivity contribution in [3.63, 3.8) is 0 Å². The number of hydrogen-bond donors (Lipinski definition) is 1. The van der Waals surface area contributed by atoms with Crippen molar-refractivity contribution in [2.24, 2.45) is 5.92 Å². The number of nitrogens with one attached hydrogen (secondary N) is 1. The highest BCUT2D eigenvalue weighted by atomic mass is 79.9. The molecule has 114 valence electrons. The molecule has 3 heteroatoms. The third kappa shape index (κ3) is 5.57. The molecule has 0 saturated heterocycles. The lowest BCUT2D eigenvalue weighted by Gasteiger charge is -2.19. The van der Waals surface area contributed by atoms with E-state index in [-0.39, 0.29) is 0 Å². The molecule has 0 amide bonds. The van der Waals surface area contributed by atoms with Crippen molar-refractivity contribution < 1.29 is 0 Å². The highest BCUT2D eigenvalue weighted by Crippen LogP contribution is 2.26. The van der Waals surface area contributed by atoms with Crippen molar-refractivity contribution in [1.82, 2.24) is 5.32 Å². The van der Waals surface area contributed by atoms with E-state index < -0.39 is 0 Å². The number of hydrogen-bond acceptors (Lipinski definition) is 2. The molecule has 1 aromatic carbocycles. The van der Waals surface area contributed by atoms with Crippen molar-refractivity contribution in [3.8, 4) is 0 Å². The summed E-state index contributed by atoms with van der Waals surface area (Å²) in [4.78, 5) is 1.46. The van der Waals surface area contributed by atoms with Crippen LogP contribution in [0.1, 0.15) is 29.9 Å². The molecule has 1 nitrogen and oxygen atoms in total.